The maximum Gasteiger partial charge on any atom is 0.145 e. The van der Waals surface area contributed by atoms with Crippen molar-refractivity contribution in [2.45, 2.75) is 79.1 Å². The zero-order valence-electron chi connectivity index (χ0n) is 34.2. The second-order valence-corrected chi connectivity index (χ2v) is 16.6. The molecule has 0 N–H and O–H groups in total. The minimum absolute atomic E-state index is 0.340. The van der Waals surface area contributed by atoms with Gasteiger partial charge in [-0.05, 0) is 99.8 Å². The number of rotatable bonds is 9. The molecule has 9 aromatic rings. The van der Waals surface area contributed by atoms with Gasteiger partial charge in [0.1, 0.15) is 23.0 Å². The van der Waals surface area contributed by atoms with Crippen LogP contribution in [0, 0.1) is 0 Å². The summed E-state index contributed by atoms with van der Waals surface area (Å²) in [4.78, 5) is 10.4. The average molecular weight is 747 g/mol. The van der Waals surface area contributed by atoms with E-state index >= 15 is 0 Å². The molecule has 5 heteroatoms. The van der Waals surface area contributed by atoms with E-state index in [-0.39, 0.29) is 0 Å². The van der Waals surface area contributed by atoms with Crippen molar-refractivity contribution >= 4 is 38.4 Å². The van der Waals surface area contributed by atoms with Crippen LogP contribution in [0.2, 0.25) is 0 Å². The Morgan fingerprint density at radius 2 is 1.11 bits per heavy atom. The molecule has 57 heavy (non-hydrogen) atoms. The van der Waals surface area contributed by atoms with Crippen molar-refractivity contribution in [1.29, 1.82) is 0 Å². The van der Waals surface area contributed by atoms with Gasteiger partial charge in [0.25, 0.3) is 0 Å². The predicted molar refractivity (Wildman–Crippen MR) is 239 cm³/mol. The van der Waals surface area contributed by atoms with Crippen LogP contribution in [-0.2, 0) is 0 Å². The van der Waals surface area contributed by atoms with E-state index in [4.69, 9.17) is 14.7 Å². The summed E-state index contributed by atoms with van der Waals surface area (Å²) in [6, 6.07) is 45.4. The minimum Gasteiger partial charge on any atom is -0.457 e. The van der Waals surface area contributed by atoms with Gasteiger partial charge in [-0.25, -0.2) is 9.97 Å². The van der Waals surface area contributed by atoms with Crippen molar-refractivity contribution in [3.8, 4) is 39.8 Å². The van der Waals surface area contributed by atoms with Crippen LogP contribution in [0.25, 0.3) is 66.7 Å². The topological polar surface area (TPSA) is 44.4 Å². The first-order valence-electron chi connectivity index (χ1n) is 20.4. The van der Waals surface area contributed by atoms with Crippen LogP contribution in [0.1, 0.15) is 101 Å². The Morgan fingerprint density at radius 3 is 1.79 bits per heavy atom. The SMILES string of the molecule is CC(C)c1cccc(C(C)C)c1-c1cnc2c3cc(Oc4cccc(-c5nc6ccccc6n5-c5c(C(C)C)cccc5C(C)C)c4)ccc3c3ccccc3n12. The zero-order valence-corrected chi connectivity index (χ0v) is 34.2. The third-order valence-electron chi connectivity index (χ3n) is 11.5. The highest BCUT2D eigenvalue weighted by molar-refractivity contribution is 6.12. The first-order chi connectivity index (χ1) is 27.6. The van der Waals surface area contributed by atoms with Crippen molar-refractivity contribution < 1.29 is 4.74 Å². The van der Waals surface area contributed by atoms with Gasteiger partial charge < -0.3 is 4.74 Å². The number of benzene rings is 6. The third kappa shape index (κ3) is 6.17. The third-order valence-corrected chi connectivity index (χ3v) is 11.5. The van der Waals surface area contributed by atoms with Crippen molar-refractivity contribution in [1.82, 2.24) is 18.9 Å². The minimum atomic E-state index is 0.340. The van der Waals surface area contributed by atoms with Gasteiger partial charge in [-0.3, -0.25) is 8.97 Å². The molecule has 0 aliphatic rings. The van der Waals surface area contributed by atoms with Crippen molar-refractivity contribution in [2.24, 2.45) is 0 Å². The highest BCUT2D eigenvalue weighted by Crippen LogP contribution is 2.42. The van der Waals surface area contributed by atoms with Crippen molar-refractivity contribution in [2.75, 3.05) is 0 Å². The summed E-state index contributed by atoms with van der Waals surface area (Å²) in [5, 5.41) is 3.38. The van der Waals surface area contributed by atoms with Gasteiger partial charge in [0, 0.05) is 21.9 Å². The first-order valence-corrected chi connectivity index (χ1v) is 20.4. The molecule has 0 amide bonds. The predicted octanol–water partition coefficient (Wildman–Crippen LogP) is 14.6. The van der Waals surface area contributed by atoms with Gasteiger partial charge in [-0.15, -0.1) is 0 Å². The number of para-hydroxylation sites is 4. The number of fused-ring (bicyclic) bond motifs is 7. The number of imidazole rings is 2. The van der Waals surface area contributed by atoms with Gasteiger partial charge in [0.2, 0.25) is 0 Å². The van der Waals surface area contributed by atoms with E-state index in [1.54, 1.807) is 0 Å². The highest BCUT2D eigenvalue weighted by atomic mass is 16.5. The number of hydrogen-bond acceptors (Lipinski definition) is 3. The Labute approximate surface area is 335 Å². The molecule has 5 nitrogen and oxygen atoms in total. The van der Waals surface area contributed by atoms with Gasteiger partial charge in [-0.1, -0.05) is 134 Å². The maximum absolute atomic E-state index is 6.77. The smallest absolute Gasteiger partial charge is 0.145 e. The Hall–Kier alpha value is -6.20. The van der Waals surface area contributed by atoms with E-state index in [0.29, 0.717) is 23.7 Å². The molecule has 0 fully saturated rings. The van der Waals surface area contributed by atoms with Crippen LogP contribution in [0.5, 0.6) is 11.5 Å². The van der Waals surface area contributed by atoms with Gasteiger partial charge in [0.15, 0.2) is 0 Å². The number of aromatic nitrogens is 4. The average Bonchev–Trinajstić information content (AvgIpc) is 3.83. The number of hydrogen-bond donors (Lipinski definition) is 0. The Morgan fingerprint density at radius 1 is 0.509 bits per heavy atom. The fourth-order valence-corrected chi connectivity index (χ4v) is 8.76. The standard InChI is InChI=1S/C52H50N4O/c1-31(2)38-19-14-20-39(32(3)4)49(38)48-30-53-52-44-29-37(26-27-42(44)43-18-9-11-24-46(43)55(48)52)57-36-17-13-16-35(28-36)51-54-45-23-10-12-25-47(45)56(51)50-40(33(5)6)21-15-22-41(50)34(7)8/h9-34H,1-8H3. The van der Waals surface area contributed by atoms with Crippen LogP contribution in [0.4, 0.5) is 0 Å². The molecule has 0 aliphatic carbocycles. The molecule has 0 bridgehead atoms. The molecule has 9 rings (SSSR count). The summed E-state index contributed by atoms with van der Waals surface area (Å²) < 4.78 is 11.5. The number of pyridine rings is 1. The first kappa shape index (κ1) is 36.4. The normalized spacial score (nSPS) is 12.1. The zero-order chi connectivity index (χ0) is 39.5. The summed E-state index contributed by atoms with van der Waals surface area (Å²) in [6.45, 7) is 18.2. The van der Waals surface area contributed by atoms with E-state index in [2.05, 4.69) is 192 Å². The molecule has 0 radical (unpaired) electrons. The molecule has 3 aromatic heterocycles. The van der Waals surface area contributed by atoms with E-state index in [0.717, 1.165) is 61.6 Å². The molecular formula is C52H50N4O. The van der Waals surface area contributed by atoms with E-state index in [9.17, 15) is 0 Å². The largest absolute Gasteiger partial charge is 0.457 e. The van der Waals surface area contributed by atoms with E-state index in [1.165, 1.54) is 38.9 Å². The number of ether oxygens (including phenoxy) is 1. The molecule has 0 saturated heterocycles. The van der Waals surface area contributed by atoms with Crippen molar-refractivity contribution in [3.63, 3.8) is 0 Å². The molecule has 0 atom stereocenters. The Balaban J connectivity index is 1.19. The maximum atomic E-state index is 6.77. The van der Waals surface area contributed by atoms with E-state index in [1.807, 2.05) is 6.07 Å². The monoisotopic (exact) mass is 746 g/mol. The van der Waals surface area contributed by atoms with Crippen LogP contribution >= 0.6 is 0 Å². The lowest BCUT2D eigenvalue weighted by Gasteiger charge is -2.22. The van der Waals surface area contributed by atoms with Crippen molar-refractivity contribution in [3.05, 3.63) is 156 Å². The highest BCUT2D eigenvalue weighted by Gasteiger charge is 2.24. The van der Waals surface area contributed by atoms with Gasteiger partial charge in [0.05, 0.1) is 34.1 Å². The number of nitrogens with zero attached hydrogens (tertiary/aromatic N) is 4. The molecular weight excluding hydrogens is 697 g/mol. The van der Waals surface area contributed by atoms with Gasteiger partial charge >= 0.3 is 0 Å². The van der Waals surface area contributed by atoms with Gasteiger partial charge in [-0.2, -0.15) is 0 Å². The lowest BCUT2D eigenvalue weighted by Crippen LogP contribution is -2.08. The summed E-state index contributed by atoms with van der Waals surface area (Å²) in [5.41, 5.74) is 14.0. The second kappa shape index (κ2) is 14.4. The van der Waals surface area contributed by atoms with Crippen LogP contribution in [0.3, 0.4) is 0 Å². The summed E-state index contributed by atoms with van der Waals surface area (Å²) in [6.07, 6.45) is 2.07. The van der Waals surface area contributed by atoms with Crippen LogP contribution in [-0.4, -0.2) is 18.9 Å². The molecule has 6 aromatic carbocycles. The molecule has 0 saturated carbocycles. The summed E-state index contributed by atoms with van der Waals surface area (Å²) in [5.74, 6) is 3.82. The molecule has 0 unspecified atom stereocenters. The molecule has 0 spiro atoms. The lowest BCUT2D eigenvalue weighted by atomic mass is 9.87. The van der Waals surface area contributed by atoms with Crippen LogP contribution < -0.4 is 4.74 Å². The summed E-state index contributed by atoms with van der Waals surface area (Å²) >= 11 is 0. The van der Waals surface area contributed by atoms with Crippen LogP contribution in [0.15, 0.2) is 134 Å². The molecule has 284 valence electrons. The molecule has 3 heterocycles. The fraction of sp³-hybridized carbons (Fsp3) is 0.231. The Kier molecular flexibility index (Phi) is 9.20. The Bertz CT molecular complexity index is 2910. The lowest BCUT2D eigenvalue weighted by molar-refractivity contribution is 0.483. The van der Waals surface area contributed by atoms with E-state index < -0.39 is 0 Å². The fourth-order valence-electron chi connectivity index (χ4n) is 8.76. The molecule has 0 aliphatic heterocycles. The quantitative estimate of drug-likeness (QED) is 0.138. The second-order valence-electron chi connectivity index (χ2n) is 16.6. The summed E-state index contributed by atoms with van der Waals surface area (Å²) in [7, 11) is 0.